The number of amidine groups is 1. The zero-order valence-electron chi connectivity index (χ0n) is 22.2. The molecule has 2 aliphatic carbocycles. The molecule has 0 atom stereocenters. The fourth-order valence-electron chi connectivity index (χ4n) is 7.64. The number of para-hydroxylation sites is 1. The quantitative estimate of drug-likeness (QED) is 0.173. The smallest absolute Gasteiger partial charge is 0.122 e. The summed E-state index contributed by atoms with van der Waals surface area (Å²) < 4.78 is 2.32. The van der Waals surface area contributed by atoms with E-state index in [1.54, 1.807) is 0 Å². The van der Waals surface area contributed by atoms with Crippen LogP contribution in [0.15, 0.2) is 133 Å². The Labute approximate surface area is 237 Å². The number of nitrogens with zero attached hydrogens (tertiary/aromatic N) is 1. The summed E-state index contributed by atoms with van der Waals surface area (Å²) in [5.74, 6) is 0.0722. The molecule has 2 aliphatic rings. The van der Waals surface area contributed by atoms with Crippen molar-refractivity contribution in [2.24, 2.45) is 5.73 Å². The first kappa shape index (κ1) is 22.4. The minimum atomic E-state index is -0.370. The van der Waals surface area contributed by atoms with Crippen molar-refractivity contribution < 1.29 is 0 Å². The van der Waals surface area contributed by atoms with Crippen molar-refractivity contribution in [2.45, 2.75) is 5.41 Å². The molecule has 3 nitrogen and oxygen atoms in total. The highest BCUT2D eigenvalue weighted by Gasteiger charge is 2.51. The molecular weight excluding hydrogens is 498 g/mol. The number of hydrogen-bond acceptors (Lipinski definition) is 1. The summed E-state index contributed by atoms with van der Waals surface area (Å²) in [5, 5.41) is 10.5. The second-order valence-corrected chi connectivity index (χ2v) is 11.1. The number of nitrogens with two attached hydrogens (primary N) is 1. The lowest BCUT2D eigenvalue weighted by molar-refractivity contribution is 0.795. The van der Waals surface area contributed by atoms with E-state index in [9.17, 15) is 0 Å². The van der Waals surface area contributed by atoms with E-state index in [0.717, 1.165) is 22.3 Å². The minimum Gasteiger partial charge on any atom is -0.384 e. The highest BCUT2D eigenvalue weighted by molar-refractivity contribution is 6.12. The number of aromatic nitrogens is 1. The van der Waals surface area contributed by atoms with E-state index < -0.39 is 0 Å². The first-order valence-electron chi connectivity index (χ1n) is 14.0. The van der Waals surface area contributed by atoms with E-state index in [1.165, 1.54) is 55.3 Å². The molecule has 0 aliphatic heterocycles. The molecule has 1 heterocycles. The number of nitrogens with one attached hydrogen (secondary N) is 1. The van der Waals surface area contributed by atoms with E-state index in [4.69, 9.17) is 11.1 Å². The Balaban J connectivity index is 1.45. The van der Waals surface area contributed by atoms with Crippen LogP contribution in [0.3, 0.4) is 0 Å². The van der Waals surface area contributed by atoms with Gasteiger partial charge in [-0.1, -0.05) is 103 Å². The lowest BCUT2D eigenvalue weighted by atomic mass is 9.70. The van der Waals surface area contributed by atoms with Gasteiger partial charge in [-0.05, 0) is 74.8 Å². The lowest BCUT2D eigenvalue weighted by Crippen LogP contribution is -2.25. The highest BCUT2D eigenvalue weighted by Crippen LogP contribution is 2.63. The Morgan fingerprint density at radius 1 is 0.512 bits per heavy atom. The molecule has 0 saturated carbocycles. The third-order valence-electron chi connectivity index (χ3n) is 9.20. The van der Waals surface area contributed by atoms with Crippen LogP contribution in [0, 0.1) is 5.41 Å². The van der Waals surface area contributed by atoms with Crippen LogP contribution < -0.4 is 5.73 Å². The Morgan fingerprint density at radius 3 is 1.76 bits per heavy atom. The summed E-state index contributed by atoms with van der Waals surface area (Å²) in [6, 6.07) is 48.3. The molecule has 192 valence electrons. The molecule has 1 spiro atoms. The summed E-state index contributed by atoms with van der Waals surface area (Å²) >= 11 is 0. The van der Waals surface area contributed by atoms with Crippen LogP contribution >= 0.6 is 0 Å². The number of rotatable bonds is 2. The largest absolute Gasteiger partial charge is 0.384 e. The molecule has 6 aromatic carbocycles. The summed E-state index contributed by atoms with van der Waals surface area (Å²) in [7, 11) is 0. The van der Waals surface area contributed by atoms with Crippen LogP contribution in [0.25, 0.3) is 49.7 Å². The normalized spacial score (nSPS) is 13.8. The van der Waals surface area contributed by atoms with Gasteiger partial charge >= 0.3 is 0 Å². The van der Waals surface area contributed by atoms with Gasteiger partial charge < -0.3 is 10.3 Å². The van der Waals surface area contributed by atoms with Crippen LogP contribution in [0.4, 0.5) is 0 Å². The molecule has 1 aromatic heterocycles. The molecule has 0 fully saturated rings. The van der Waals surface area contributed by atoms with Gasteiger partial charge in [0.2, 0.25) is 0 Å². The number of fused-ring (bicyclic) bond motifs is 13. The van der Waals surface area contributed by atoms with Gasteiger partial charge in [0.15, 0.2) is 0 Å². The van der Waals surface area contributed by atoms with Crippen molar-refractivity contribution in [3.63, 3.8) is 0 Å². The average molecular weight is 524 g/mol. The lowest BCUT2D eigenvalue weighted by Gasteiger charge is -2.30. The Bertz CT molecular complexity index is 2210. The first-order chi connectivity index (χ1) is 20.2. The Hall–Kier alpha value is -5.41. The van der Waals surface area contributed by atoms with Crippen molar-refractivity contribution in [3.8, 4) is 27.9 Å². The van der Waals surface area contributed by atoms with Crippen LogP contribution in [0.5, 0.6) is 0 Å². The Kier molecular flexibility index (Phi) is 4.28. The fourth-order valence-corrected chi connectivity index (χ4v) is 7.64. The second kappa shape index (κ2) is 7.83. The third-order valence-corrected chi connectivity index (χ3v) is 9.20. The molecule has 0 bridgehead atoms. The third kappa shape index (κ3) is 2.70. The van der Waals surface area contributed by atoms with Crippen LogP contribution in [-0.4, -0.2) is 10.4 Å². The second-order valence-electron chi connectivity index (χ2n) is 11.1. The van der Waals surface area contributed by atoms with Gasteiger partial charge in [0.1, 0.15) is 5.84 Å². The molecule has 3 heteroatoms. The first-order valence-corrected chi connectivity index (χ1v) is 14.0. The van der Waals surface area contributed by atoms with Gasteiger partial charge in [0.25, 0.3) is 0 Å². The van der Waals surface area contributed by atoms with Crippen molar-refractivity contribution in [1.82, 2.24) is 4.57 Å². The summed E-state index contributed by atoms with van der Waals surface area (Å²) in [5.41, 5.74) is 20.1. The van der Waals surface area contributed by atoms with Crippen molar-refractivity contribution in [2.75, 3.05) is 0 Å². The molecule has 7 aromatic rings. The van der Waals surface area contributed by atoms with E-state index in [2.05, 4.69) is 120 Å². The van der Waals surface area contributed by atoms with Crippen molar-refractivity contribution >= 4 is 27.6 Å². The van der Waals surface area contributed by atoms with Crippen LogP contribution in [-0.2, 0) is 5.41 Å². The van der Waals surface area contributed by atoms with E-state index in [0.29, 0.717) is 0 Å². The van der Waals surface area contributed by atoms with Crippen LogP contribution in [0.2, 0.25) is 0 Å². The molecular formula is C38H25N3. The topological polar surface area (TPSA) is 54.8 Å². The maximum atomic E-state index is 8.04. The van der Waals surface area contributed by atoms with E-state index >= 15 is 0 Å². The standard InChI is InChI=1S/C38H25N3/c39-37(40)23-10-9-11-24(20-23)41-35-19-8-4-15-28(35)30-21-34-29(22-36(30)41)27-14-3-7-18-33(27)38(34)31-16-5-1-12-25(31)26-13-2-6-17-32(26)38/h1-22H,(H3,39,40). The zero-order valence-corrected chi connectivity index (χ0v) is 22.2. The van der Waals surface area contributed by atoms with Crippen LogP contribution in [0.1, 0.15) is 27.8 Å². The van der Waals surface area contributed by atoms with Gasteiger partial charge in [0.05, 0.1) is 16.4 Å². The highest BCUT2D eigenvalue weighted by atomic mass is 15.0. The number of nitrogen functional groups attached to an aromatic ring is 1. The van der Waals surface area contributed by atoms with Gasteiger partial charge in [0, 0.05) is 22.0 Å². The summed E-state index contributed by atoms with van der Waals surface area (Å²) in [4.78, 5) is 0. The summed E-state index contributed by atoms with van der Waals surface area (Å²) in [6.45, 7) is 0. The average Bonchev–Trinajstić information content (AvgIpc) is 3.61. The molecule has 0 amide bonds. The predicted molar refractivity (Wildman–Crippen MR) is 168 cm³/mol. The van der Waals surface area contributed by atoms with E-state index in [-0.39, 0.29) is 11.3 Å². The molecule has 0 unspecified atom stereocenters. The Morgan fingerprint density at radius 2 is 1.10 bits per heavy atom. The van der Waals surface area contributed by atoms with Gasteiger partial charge in [-0.3, -0.25) is 5.41 Å². The van der Waals surface area contributed by atoms with Gasteiger partial charge in [-0.2, -0.15) is 0 Å². The monoisotopic (exact) mass is 523 g/mol. The fraction of sp³-hybridized carbons (Fsp3) is 0.0263. The van der Waals surface area contributed by atoms with Gasteiger partial charge in [-0.15, -0.1) is 0 Å². The van der Waals surface area contributed by atoms with Crippen molar-refractivity contribution in [1.29, 1.82) is 5.41 Å². The molecule has 0 saturated heterocycles. The molecule has 3 N–H and O–H groups in total. The van der Waals surface area contributed by atoms with Crippen molar-refractivity contribution in [3.05, 3.63) is 161 Å². The number of benzene rings is 6. The SMILES string of the molecule is N=C(N)c1cccc(-n2c3ccccc3c3cc4c(cc32)-c2ccccc2C42c3ccccc3-c3ccccc32)c1. The van der Waals surface area contributed by atoms with Gasteiger partial charge in [-0.25, -0.2) is 0 Å². The molecule has 41 heavy (non-hydrogen) atoms. The molecule has 0 radical (unpaired) electrons. The zero-order chi connectivity index (χ0) is 27.3. The summed E-state index contributed by atoms with van der Waals surface area (Å²) in [6.07, 6.45) is 0. The van der Waals surface area contributed by atoms with E-state index in [1.807, 2.05) is 18.2 Å². The maximum absolute atomic E-state index is 8.04. The molecule has 9 rings (SSSR count). The number of hydrogen-bond donors (Lipinski definition) is 2. The maximum Gasteiger partial charge on any atom is 0.122 e. The minimum absolute atomic E-state index is 0.0722. The predicted octanol–water partition coefficient (Wildman–Crippen LogP) is 8.41.